The van der Waals surface area contributed by atoms with Gasteiger partial charge in [-0.2, -0.15) is 5.10 Å². The summed E-state index contributed by atoms with van der Waals surface area (Å²) in [5.74, 6) is 0. The maximum atomic E-state index is 10.9. The Bertz CT molecular complexity index is 505. The largest absolute Gasteiger partial charge is 0.296 e. The zero-order chi connectivity index (χ0) is 10.8. The van der Waals surface area contributed by atoms with Crippen molar-refractivity contribution in [3.63, 3.8) is 0 Å². The van der Waals surface area contributed by atoms with Gasteiger partial charge in [-0.3, -0.25) is 9.48 Å². The van der Waals surface area contributed by atoms with Crippen LogP contribution >= 0.6 is 11.6 Å². The van der Waals surface area contributed by atoms with Gasteiger partial charge in [0.25, 0.3) is 0 Å². The lowest BCUT2D eigenvalue weighted by Crippen LogP contribution is -1.96. The molecule has 4 heteroatoms. The van der Waals surface area contributed by atoms with Gasteiger partial charge in [-0.1, -0.05) is 23.7 Å². The monoisotopic (exact) mass is 220 g/mol. The summed E-state index contributed by atoms with van der Waals surface area (Å²) in [7, 11) is 1.73. The van der Waals surface area contributed by atoms with Crippen molar-refractivity contribution >= 4 is 17.9 Å². The molecule has 1 aromatic carbocycles. The van der Waals surface area contributed by atoms with E-state index in [1.807, 2.05) is 18.2 Å². The van der Waals surface area contributed by atoms with Crippen molar-refractivity contribution in [1.82, 2.24) is 9.78 Å². The van der Waals surface area contributed by atoms with Gasteiger partial charge in [0.2, 0.25) is 0 Å². The first-order valence-electron chi connectivity index (χ1n) is 4.45. The van der Waals surface area contributed by atoms with Crippen LogP contribution in [0.1, 0.15) is 10.5 Å². The van der Waals surface area contributed by atoms with E-state index in [4.69, 9.17) is 11.6 Å². The van der Waals surface area contributed by atoms with Crippen molar-refractivity contribution in [3.05, 3.63) is 41.2 Å². The molecular weight excluding hydrogens is 212 g/mol. The molecule has 0 saturated carbocycles. The number of carbonyl (C=O) groups is 1. The molecule has 0 saturated heterocycles. The fraction of sp³-hybridized carbons (Fsp3) is 0.0909. The quantitative estimate of drug-likeness (QED) is 0.729. The van der Waals surface area contributed by atoms with Gasteiger partial charge in [0.05, 0.1) is 6.20 Å². The van der Waals surface area contributed by atoms with Gasteiger partial charge in [-0.05, 0) is 17.7 Å². The third kappa shape index (κ3) is 1.78. The number of halogens is 1. The first kappa shape index (κ1) is 9.93. The molecule has 0 atom stereocenters. The number of aromatic nitrogens is 2. The van der Waals surface area contributed by atoms with E-state index >= 15 is 0 Å². The molecule has 0 aliphatic carbocycles. The Hall–Kier alpha value is -1.61. The van der Waals surface area contributed by atoms with Crippen LogP contribution in [0.15, 0.2) is 30.5 Å². The highest BCUT2D eigenvalue weighted by atomic mass is 35.5. The summed E-state index contributed by atoms with van der Waals surface area (Å²) in [6.45, 7) is 0. The minimum Gasteiger partial charge on any atom is -0.296 e. The predicted molar refractivity (Wildman–Crippen MR) is 59.0 cm³/mol. The zero-order valence-corrected chi connectivity index (χ0v) is 8.90. The second-order valence-corrected chi connectivity index (χ2v) is 3.63. The first-order valence-corrected chi connectivity index (χ1v) is 4.83. The number of carbonyl (C=O) groups excluding carboxylic acids is 1. The van der Waals surface area contributed by atoms with E-state index in [1.54, 1.807) is 24.0 Å². The van der Waals surface area contributed by atoms with Gasteiger partial charge in [0, 0.05) is 17.6 Å². The lowest BCUT2D eigenvalue weighted by Gasteiger charge is -2.00. The summed E-state index contributed by atoms with van der Waals surface area (Å²) in [6, 6.07) is 7.35. The van der Waals surface area contributed by atoms with E-state index in [1.165, 1.54) is 0 Å². The van der Waals surface area contributed by atoms with Crippen molar-refractivity contribution in [2.24, 2.45) is 7.05 Å². The summed E-state index contributed by atoms with van der Waals surface area (Å²) in [4.78, 5) is 10.9. The molecule has 0 unspecified atom stereocenters. The predicted octanol–water partition coefficient (Wildman–Crippen LogP) is 2.55. The van der Waals surface area contributed by atoms with Crippen molar-refractivity contribution in [2.75, 3.05) is 0 Å². The lowest BCUT2D eigenvalue weighted by atomic mass is 10.1. The minimum atomic E-state index is 0.553. The average Bonchev–Trinajstić information content (AvgIpc) is 2.59. The number of aryl methyl sites for hydroxylation is 1. The van der Waals surface area contributed by atoms with Crippen LogP contribution in [0.4, 0.5) is 0 Å². The molecule has 1 aromatic heterocycles. The number of hydrogen-bond donors (Lipinski definition) is 0. The Labute approximate surface area is 92.3 Å². The third-order valence-corrected chi connectivity index (χ3v) is 2.47. The Morgan fingerprint density at radius 2 is 2.27 bits per heavy atom. The Kier molecular flexibility index (Phi) is 2.56. The SMILES string of the molecule is Cn1ncc(-c2cccc(Cl)c2)c1C=O. The van der Waals surface area contributed by atoms with Crippen LogP contribution in [0.2, 0.25) is 5.02 Å². The summed E-state index contributed by atoms with van der Waals surface area (Å²) in [6.07, 6.45) is 2.46. The second kappa shape index (κ2) is 3.87. The van der Waals surface area contributed by atoms with Gasteiger partial charge in [0.15, 0.2) is 6.29 Å². The fourth-order valence-corrected chi connectivity index (χ4v) is 1.66. The lowest BCUT2D eigenvalue weighted by molar-refractivity contribution is 0.111. The molecule has 76 valence electrons. The Morgan fingerprint density at radius 1 is 1.47 bits per heavy atom. The fourth-order valence-electron chi connectivity index (χ4n) is 1.47. The molecule has 0 amide bonds. The van der Waals surface area contributed by atoms with Crippen LogP contribution in [0.5, 0.6) is 0 Å². The normalized spacial score (nSPS) is 10.3. The highest BCUT2D eigenvalue weighted by Gasteiger charge is 2.09. The number of benzene rings is 1. The highest BCUT2D eigenvalue weighted by Crippen LogP contribution is 2.24. The minimum absolute atomic E-state index is 0.553. The van der Waals surface area contributed by atoms with E-state index in [0.717, 1.165) is 17.4 Å². The molecule has 2 aromatic rings. The maximum absolute atomic E-state index is 10.9. The second-order valence-electron chi connectivity index (χ2n) is 3.20. The molecule has 2 rings (SSSR count). The van der Waals surface area contributed by atoms with Gasteiger partial charge >= 0.3 is 0 Å². The number of nitrogens with zero attached hydrogens (tertiary/aromatic N) is 2. The average molecular weight is 221 g/mol. The standard InChI is InChI=1S/C11H9ClN2O/c1-14-11(7-15)10(6-13-14)8-3-2-4-9(12)5-8/h2-7H,1H3. The third-order valence-electron chi connectivity index (χ3n) is 2.23. The zero-order valence-electron chi connectivity index (χ0n) is 8.14. The van der Waals surface area contributed by atoms with Gasteiger partial charge < -0.3 is 0 Å². The Morgan fingerprint density at radius 3 is 2.93 bits per heavy atom. The molecule has 3 nitrogen and oxygen atoms in total. The topological polar surface area (TPSA) is 34.9 Å². The van der Waals surface area contributed by atoms with Crippen molar-refractivity contribution in [2.45, 2.75) is 0 Å². The summed E-state index contributed by atoms with van der Waals surface area (Å²) in [5, 5.41) is 4.68. The van der Waals surface area contributed by atoms with Gasteiger partial charge in [0.1, 0.15) is 5.69 Å². The number of rotatable bonds is 2. The van der Waals surface area contributed by atoms with Gasteiger partial charge in [-0.15, -0.1) is 0 Å². The first-order chi connectivity index (χ1) is 7.22. The molecule has 0 spiro atoms. The molecule has 0 aliphatic rings. The summed E-state index contributed by atoms with van der Waals surface area (Å²) < 4.78 is 1.54. The van der Waals surface area contributed by atoms with E-state index in [9.17, 15) is 4.79 Å². The van der Waals surface area contributed by atoms with Crippen LogP contribution in [0.3, 0.4) is 0 Å². The van der Waals surface area contributed by atoms with Crippen LogP contribution in [-0.2, 0) is 7.05 Å². The van der Waals surface area contributed by atoms with Crippen LogP contribution in [0.25, 0.3) is 11.1 Å². The Balaban J connectivity index is 2.58. The molecule has 0 aliphatic heterocycles. The molecule has 0 bridgehead atoms. The molecule has 15 heavy (non-hydrogen) atoms. The van der Waals surface area contributed by atoms with Gasteiger partial charge in [-0.25, -0.2) is 0 Å². The van der Waals surface area contributed by atoms with Crippen LogP contribution in [-0.4, -0.2) is 16.1 Å². The van der Waals surface area contributed by atoms with Crippen molar-refractivity contribution in [1.29, 1.82) is 0 Å². The molecule has 0 N–H and O–H groups in total. The molecule has 0 radical (unpaired) electrons. The maximum Gasteiger partial charge on any atom is 0.168 e. The van der Waals surface area contributed by atoms with E-state index < -0.39 is 0 Å². The van der Waals surface area contributed by atoms with Crippen LogP contribution in [0, 0.1) is 0 Å². The van der Waals surface area contributed by atoms with E-state index in [2.05, 4.69) is 5.10 Å². The van der Waals surface area contributed by atoms with Crippen molar-refractivity contribution in [3.8, 4) is 11.1 Å². The van der Waals surface area contributed by atoms with Crippen molar-refractivity contribution < 1.29 is 4.79 Å². The van der Waals surface area contributed by atoms with Crippen LogP contribution < -0.4 is 0 Å². The summed E-state index contributed by atoms with van der Waals surface area (Å²) >= 11 is 5.88. The molecule has 0 fully saturated rings. The molecule has 1 heterocycles. The summed E-state index contributed by atoms with van der Waals surface area (Å²) in [5.41, 5.74) is 2.25. The number of aldehydes is 1. The van der Waals surface area contributed by atoms with E-state index in [0.29, 0.717) is 10.7 Å². The number of hydrogen-bond acceptors (Lipinski definition) is 2. The smallest absolute Gasteiger partial charge is 0.168 e. The van der Waals surface area contributed by atoms with E-state index in [-0.39, 0.29) is 0 Å². The molecular formula is C11H9ClN2O. The highest BCUT2D eigenvalue weighted by molar-refractivity contribution is 6.30.